The zero-order valence-corrected chi connectivity index (χ0v) is 13.5. The van der Waals surface area contributed by atoms with Crippen LogP contribution in [0.15, 0.2) is 30.3 Å². The van der Waals surface area contributed by atoms with E-state index in [2.05, 4.69) is 56.1 Å². The molecule has 0 amide bonds. The first-order chi connectivity index (χ1) is 8.42. The number of halogens is 1. The van der Waals surface area contributed by atoms with Gasteiger partial charge < -0.3 is 9.74 Å². The van der Waals surface area contributed by atoms with E-state index >= 15 is 0 Å². The molecule has 2 atom stereocenters. The third-order valence-electron chi connectivity index (χ3n) is 2.64. The minimum Gasteiger partial charge on any atom is -0.412 e. The van der Waals surface area contributed by atoms with Gasteiger partial charge in [0.05, 0.1) is 6.10 Å². The van der Waals surface area contributed by atoms with Crippen LogP contribution in [0.25, 0.3) is 0 Å². The standard InChI is InChI=1S/C14H24ClNOSi/c1-12(13-8-6-5-7-9-13)16-11-14(10-15)17-18(2,3)4/h5-9,12,14,16H,10-11H2,1-4H3/t12-,14?/m1/s1. The maximum atomic E-state index is 6.02. The summed E-state index contributed by atoms with van der Waals surface area (Å²) in [4.78, 5) is 0. The quantitative estimate of drug-likeness (QED) is 0.608. The first-order valence-electron chi connectivity index (χ1n) is 6.44. The predicted molar refractivity (Wildman–Crippen MR) is 81.8 cm³/mol. The predicted octanol–water partition coefficient (Wildman–Crippen LogP) is 3.80. The summed E-state index contributed by atoms with van der Waals surface area (Å²) in [7, 11) is -1.52. The Balaban J connectivity index is 2.43. The van der Waals surface area contributed by atoms with Gasteiger partial charge in [-0.2, -0.15) is 0 Å². The van der Waals surface area contributed by atoms with Crippen molar-refractivity contribution in [2.75, 3.05) is 12.4 Å². The summed E-state index contributed by atoms with van der Waals surface area (Å²) in [6.45, 7) is 9.52. The van der Waals surface area contributed by atoms with Gasteiger partial charge in [-0.05, 0) is 32.1 Å². The summed E-state index contributed by atoms with van der Waals surface area (Å²) in [5, 5.41) is 3.49. The van der Waals surface area contributed by atoms with Crippen LogP contribution in [0.2, 0.25) is 19.6 Å². The van der Waals surface area contributed by atoms with E-state index in [4.69, 9.17) is 16.0 Å². The zero-order chi connectivity index (χ0) is 13.6. The average molecular weight is 286 g/mol. The van der Waals surface area contributed by atoms with E-state index in [-0.39, 0.29) is 6.10 Å². The van der Waals surface area contributed by atoms with Gasteiger partial charge in [0.2, 0.25) is 0 Å². The summed E-state index contributed by atoms with van der Waals surface area (Å²) in [6, 6.07) is 10.7. The fraction of sp³-hybridized carbons (Fsp3) is 0.571. The maximum Gasteiger partial charge on any atom is 0.184 e. The fourth-order valence-corrected chi connectivity index (χ4v) is 3.24. The second-order valence-electron chi connectivity index (χ2n) is 5.55. The van der Waals surface area contributed by atoms with Crippen molar-refractivity contribution in [3.8, 4) is 0 Å². The molecule has 0 fully saturated rings. The molecule has 0 bridgehead atoms. The molecule has 1 unspecified atom stereocenters. The monoisotopic (exact) mass is 285 g/mol. The summed E-state index contributed by atoms with van der Waals surface area (Å²) in [5.41, 5.74) is 1.29. The third-order valence-corrected chi connectivity index (χ3v) is 4.03. The van der Waals surface area contributed by atoms with Crippen molar-refractivity contribution >= 4 is 19.9 Å². The minimum absolute atomic E-state index is 0.101. The first kappa shape index (κ1) is 15.7. The molecule has 0 radical (unpaired) electrons. The van der Waals surface area contributed by atoms with Crippen molar-refractivity contribution in [1.82, 2.24) is 5.32 Å². The SMILES string of the molecule is C[C@@H](NCC(CCl)O[Si](C)(C)C)c1ccccc1. The molecule has 0 saturated heterocycles. The summed E-state index contributed by atoms with van der Waals surface area (Å²) < 4.78 is 6.02. The highest BCUT2D eigenvalue weighted by Crippen LogP contribution is 2.13. The van der Waals surface area contributed by atoms with Crippen LogP contribution in [0.3, 0.4) is 0 Å². The molecule has 0 aliphatic heterocycles. The molecule has 0 aliphatic rings. The third kappa shape index (κ3) is 6.00. The number of hydrogen-bond acceptors (Lipinski definition) is 2. The minimum atomic E-state index is -1.52. The molecule has 0 saturated carbocycles. The zero-order valence-electron chi connectivity index (χ0n) is 11.7. The normalized spacial score (nSPS) is 15.4. The molecular formula is C14H24ClNOSi. The molecule has 102 valence electrons. The lowest BCUT2D eigenvalue weighted by Gasteiger charge is -2.26. The van der Waals surface area contributed by atoms with E-state index in [1.165, 1.54) is 5.56 Å². The Kier molecular flexibility index (Phi) is 6.36. The van der Waals surface area contributed by atoms with Gasteiger partial charge in [-0.25, -0.2) is 0 Å². The van der Waals surface area contributed by atoms with Crippen LogP contribution in [0.4, 0.5) is 0 Å². The van der Waals surface area contributed by atoms with Gasteiger partial charge in [-0.1, -0.05) is 30.3 Å². The van der Waals surface area contributed by atoms with Crippen molar-refractivity contribution in [3.63, 3.8) is 0 Å². The van der Waals surface area contributed by atoms with Crippen LogP contribution >= 0.6 is 11.6 Å². The Hall–Kier alpha value is -0.353. The van der Waals surface area contributed by atoms with E-state index in [0.29, 0.717) is 11.9 Å². The number of hydrogen-bond donors (Lipinski definition) is 1. The summed E-state index contributed by atoms with van der Waals surface area (Å²) in [6.07, 6.45) is 0.101. The Bertz CT molecular complexity index is 339. The highest BCUT2D eigenvalue weighted by atomic mass is 35.5. The van der Waals surface area contributed by atoms with Crippen LogP contribution in [0.1, 0.15) is 18.5 Å². The summed E-state index contributed by atoms with van der Waals surface area (Å²) in [5.74, 6) is 0.540. The topological polar surface area (TPSA) is 21.3 Å². The summed E-state index contributed by atoms with van der Waals surface area (Å²) >= 11 is 5.96. The Morgan fingerprint density at radius 2 is 1.83 bits per heavy atom. The van der Waals surface area contributed by atoms with Crippen LogP contribution in [-0.2, 0) is 4.43 Å². The fourth-order valence-electron chi connectivity index (χ4n) is 1.80. The van der Waals surface area contributed by atoms with Crippen LogP contribution in [0.5, 0.6) is 0 Å². The lowest BCUT2D eigenvalue weighted by atomic mass is 10.1. The smallest absolute Gasteiger partial charge is 0.184 e. The van der Waals surface area contributed by atoms with Gasteiger partial charge in [-0.3, -0.25) is 0 Å². The van der Waals surface area contributed by atoms with Crippen LogP contribution < -0.4 is 5.32 Å². The largest absolute Gasteiger partial charge is 0.412 e. The number of benzene rings is 1. The van der Waals surface area contributed by atoms with E-state index in [1.54, 1.807) is 0 Å². The molecule has 1 rings (SSSR count). The van der Waals surface area contributed by atoms with Gasteiger partial charge in [0, 0.05) is 18.5 Å². The Morgan fingerprint density at radius 3 is 2.33 bits per heavy atom. The van der Waals surface area contributed by atoms with Crippen LogP contribution in [0, 0.1) is 0 Å². The highest BCUT2D eigenvalue weighted by molar-refractivity contribution is 6.69. The van der Waals surface area contributed by atoms with Crippen molar-refractivity contribution in [2.24, 2.45) is 0 Å². The number of nitrogens with one attached hydrogen (secondary N) is 1. The van der Waals surface area contributed by atoms with Crippen molar-refractivity contribution in [1.29, 1.82) is 0 Å². The van der Waals surface area contributed by atoms with E-state index in [1.807, 2.05) is 6.07 Å². The average Bonchev–Trinajstić information content (AvgIpc) is 2.33. The molecule has 0 aromatic heterocycles. The van der Waals surface area contributed by atoms with E-state index < -0.39 is 8.32 Å². The number of alkyl halides is 1. The molecule has 4 heteroatoms. The molecule has 2 nitrogen and oxygen atoms in total. The van der Waals surface area contributed by atoms with Gasteiger partial charge in [0.1, 0.15) is 0 Å². The molecule has 1 N–H and O–H groups in total. The van der Waals surface area contributed by atoms with Gasteiger partial charge in [-0.15, -0.1) is 11.6 Å². The van der Waals surface area contributed by atoms with Crippen molar-refractivity contribution in [3.05, 3.63) is 35.9 Å². The molecule has 1 aromatic rings. The van der Waals surface area contributed by atoms with Gasteiger partial charge >= 0.3 is 0 Å². The maximum absolute atomic E-state index is 6.02. The molecule has 0 aliphatic carbocycles. The van der Waals surface area contributed by atoms with Gasteiger partial charge in [0.25, 0.3) is 0 Å². The molecule has 1 aromatic carbocycles. The van der Waals surface area contributed by atoms with Crippen molar-refractivity contribution in [2.45, 2.75) is 38.7 Å². The Labute approximate surface area is 117 Å². The van der Waals surface area contributed by atoms with Gasteiger partial charge in [0.15, 0.2) is 8.32 Å². The van der Waals surface area contributed by atoms with E-state index in [9.17, 15) is 0 Å². The van der Waals surface area contributed by atoms with Crippen LogP contribution in [-0.4, -0.2) is 26.8 Å². The van der Waals surface area contributed by atoms with E-state index in [0.717, 1.165) is 6.54 Å². The first-order valence-corrected chi connectivity index (χ1v) is 10.4. The molecular weight excluding hydrogens is 262 g/mol. The highest BCUT2D eigenvalue weighted by Gasteiger charge is 2.20. The second kappa shape index (κ2) is 7.29. The molecule has 18 heavy (non-hydrogen) atoms. The Morgan fingerprint density at radius 1 is 1.22 bits per heavy atom. The van der Waals surface area contributed by atoms with Crippen molar-refractivity contribution < 1.29 is 4.43 Å². The molecule has 0 spiro atoms. The molecule has 0 heterocycles. The second-order valence-corrected chi connectivity index (χ2v) is 10.3. The lowest BCUT2D eigenvalue weighted by Crippen LogP contribution is -2.39. The lowest BCUT2D eigenvalue weighted by molar-refractivity contribution is 0.208. The number of rotatable bonds is 7.